The van der Waals surface area contributed by atoms with Crippen LogP contribution in [-0.4, -0.2) is 73.7 Å². The van der Waals surface area contributed by atoms with Gasteiger partial charge >= 0.3 is 0 Å². The number of hydrogen-bond acceptors (Lipinski definition) is 8. The molecule has 2 aromatic heterocycles. The fourth-order valence-corrected chi connectivity index (χ4v) is 4.10. The van der Waals surface area contributed by atoms with Gasteiger partial charge < -0.3 is 34.1 Å². The number of anilines is 2. The van der Waals surface area contributed by atoms with Crippen LogP contribution >= 0.6 is 0 Å². The number of methoxy groups -OCH3 is 3. The van der Waals surface area contributed by atoms with E-state index in [9.17, 15) is 4.79 Å². The van der Waals surface area contributed by atoms with E-state index in [1.165, 1.54) is 0 Å². The van der Waals surface area contributed by atoms with Gasteiger partial charge in [0.2, 0.25) is 0 Å². The number of hydrogen-bond donors (Lipinski definition) is 3. The Balaban J connectivity index is 1.44. The Morgan fingerprint density at radius 1 is 1.03 bits per heavy atom. The molecule has 1 saturated heterocycles. The van der Waals surface area contributed by atoms with Crippen molar-refractivity contribution >= 4 is 28.3 Å². The molecular weight excluding hydrogens is 452 g/mol. The summed E-state index contributed by atoms with van der Waals surface area (Å²) in [6, 6.07) is 9.17. The zero-order valence-electron chi connectivity index (χ0n) is 19.7. The SMILES string of the molecule is COc1cc2nc(-c3[nH]ncc3NC(=O)c3cc(N4CCOCC4)ccc3OC)[nH]c2cc1OC. The van der Waals surface area contributed by atoms with Crippen LogP contribution in [0.5, 0.6) is 17.2 Å². The van der Waals surface area contributed by atoms with E-state index in [0.717, 1.165) is 24.3 Å². The first-order chi connectivity index (χ1) is 17.1. The Morgan fingerprint density at radius 3 is 2.51 bits per heavy atom. The molecule has 1 aliphatic rings. The summed E-state index contributed by atoms with van der Waals surface area (Å²) >= 11 is 0. The van der Waals surface area contributed by atoms with Gasteiger partial charge in [0.05, 0.1) is 63.0 Å². The molecule has 2 aromatic carbocycles. The smallest absolute Gasteiger partial charge is 0.259 e. The number of benzene rings is 2. The molecule has 35 heavy (non-hydrogen) atoms. The van der Waals surface area contributed by atoms with Gasteiger partial charge in [-0.3, -0.25) is 9.89 Å². The molecule has 11 nitrogen and oxygen atoms in total. The minimum atomic E-state index is -0.320. The molecule has 5 rings (SSSR count). The number of nitrogens with one attached hydrogen (secondary N) is 3. The first-order valence-electron chi connectivity index (χ1n) is 11.1. The number of imidazole rings is 1. The topological polar surface area (TPSA) is 127 Å². The van der Waals surface area contributed by atoms with Crippen LogP contribution in [-0.2, 0) is 4.74 Å². The Kier molecular flexibility index (Phi) is 6.15. The Labute approximate surface area is 201 Å². The monoisotopic (exact) mass is 478 g/mol. The lowest BCUT2D eigenvalue weighted by molar-refractivity contribution is 0.102. The van der Waals surface area contributed by atoms with E-state index in [0.29, 0.717) is 58.7 Å². The molecule has 182 valence electrons. The first-order valence-corrected chi connectivity index (χ1v) is 11.1. The van der Waals surface area contributed by atoms with E-state index < -0.39 is 0 Å². The molecule has 3 N–H and O–H groups in total. The number of aromatic amines is 2. The summed E-state index contributed by atoms with van der Waals surface area (Å²) in [5.41, 5.74) is 3.81. The second-order valence-corrected chi connectivity index (χ2v) is 7.91. The van der Waals surface area contributed by atoms with Gasteiger partial charge in [-0.2, -0.15) is 5.10 Å². The average molecular weight is 479 g/mol. The highest BCUT2D eigenvalue weighted by atomic mass is 16.5. The normalized spacial score (nSPS) is 13.6. The van der Waals surface area contributed by atoms with E-state index >= 15 is 0 Å². The summed E-state index contributed by atoms with van der Waals surface area (Å²) in [6.07, 6.45) is 1.54. The van der Waals surface area contributed by atoms with Gasteiger partial charge in [0.15, 0.2) is 17.3 Å². The second-order valence-electron chi connectivity index (χ2n) is 7.91. The lowest BCUT2D eigenvalue weighted by atomic mass is 10.1. The molecule has 0 radical (unpaired) electrons. The van der Waals surface area contributed by atoms with Gasteiger partial charge in [-0.25, -0.2) is 4.98 Å². The minimum Gasteiger partial charge on any atom is -0.496 e. The standard InChI is InChI=1S/C24H26N6O5/c1-32-19-5-4-14(30-6-8-35-9-7-30)10-15(19)24(31)28-18-13-25-29-22(18)23-26-16-11-20(33-2)21(34-3)12-17(16)27-23/h4-5,10-13H,6-9H2,1-3H3,(H,25,29)(H,26,27)(H,28,31). The number of rotatable bonds is 7. The average Bonchev–Trinajstić information content (AvgIpc) is 3.53. The van der Waals surface area contributed by atoms with Crippen LogP contribution in [0.2, 0.25) is 0 Å². The van der Waals surface area contributed by atoms with Crippen molar-refractivity contribution in [3.63, 3.8) is 0 Å². The zero-order valence-corrected chi connectivity index (χ0v) is 19.7. The van der Waals surface area contributed by atoms with Gasteiger partial charge in [-0.1, -0.05) is 0 Å². The number of carbonyl (C=O) groups is 1. The maximum Gasteiger partial charge on any atom is 0.259 e. The number of aromatic nitrogens is 4. The molecule has 0 bridgehead atoms. The molecule has 11 heteroatoms. The van der Waals surface area contributed by atoms with Crippen LogP contribution in [0, 0.1) is 0 Å². The number of ether oxygens (including phenoxy) is 4. The molecule has 0 atom stereocenters. The summed E-state index contributed by atoms with van der Waals surface area (Å²) in [6.45, 7) is 2.84. The fraction of sp³-hybridized carbons (Fsp3) is 0.292. The van der Waals surface area contributed by atoms with Crippen molar-refractivity contribution in [2.24, 2.45) is 0 Å². The highest BCUT2D eigenvalue weighted by Crippen LogP contribution is 2.34. The van der Waals surface area contributed by atoms with E-state index in [-0.39, 0.29) is 5.91 Å². The highest BCUT2D eigenvalue weighted by Gasteiger charge is 2.21. The van der Waals surface area contributed by atoms with Crippen LogP contribution in [0.1, 0.15) is 10.4 Å². The zero-order chi connectivity index (χ0) is 24.4. The number of H-pyrrole nitrogens is 2. The summed E-state index contributed by atoms with van der Waals surface area (Å²) in [7, 11) is 4.69. The van der Waals surface area contributed by atoms with Crippen LogP contribution in [0.3, 0.4) is 0 Å². The van der Waals surface area contributed by atoms with Crippen molar-refractivity contribution in [2.75, 3.05) is 57.8 Å². The molecular formula is C24H26N6O5. The van der Waals surface area contributed by atoms with E-state index in [4.69, 9.17) is 18.9 Å². The number of nitrogens with zero attached hydrogens (tertiary/aromatic N) is 3. The molecule has 0 unspecified atom stereocenters. The van der Waals surface area contributed by atoms with Crippen molar-refractivity contribution in [3.8, 4) is 28.8 Å². The van der Waals surface area contributed by atoms with Gasteiger partial charge in [0.1, 0.15) is 11.4 Å². The minimum absolute atomic E-state index is 0.320. The third-order valence-corrected chi connectivity index (χ3v) is 5.92. The summed E-state index contributed by atoms with van der Waals surface area (Å²) in [4.78, 5) is 23.4. The molecule has 1 amide bonds. The van der Waals surface area contributed by atoms with Crippen LogP contribution < -0.4 is 24.4 Å². The molecule has 0 saturated carbocycles. The maximum atomic E-state index is 13.3. The third kappa shape index (κ3) is 4.33. The number of amides is 1. The summed E-state index contributed by atoms with van der Waals surface area (Å²) in [5, 5.41) is 9.96. The lowest BCUT2D eigenvalue weighted by Crippen LogP contribution is -2.36. The van der Waals surface area contributed by atoms with Crippen LogP contribution in [0.4, 0.5) is 11.4 Å². The number of morpholine rings is 1. The molecule has 0 spiro atoms. The van der Waals surface area contributed by atoms with Crippen molar-refractivity contribution < 1.29 is 23.7 Å². The summed E-state index contributed by atoms with van der Waals surface area (Å²) in [5.74, 6) is 1.83. The Bertz CT molecular complexity index is 1320. The van der Waals surface area contributed by atoms with E-state index in [1.807, 2.05) is 12.1 Å². The predicted molar refractivity (Wildman–Crippen MR) is 131 cm³/mol. The van der Waals surface area contributed by atoms with Gasteiger partial charge in [0, 0.05) is 30.9 Å². The third-order valence-electron chi connectivity index (χ3n) is 5.92. The van der Waals surface area contributed by atoms with Gasteiger partial charge in [0.25, 0.3) is 5.91 Å². The van der Waals surface area contributed by atoms with Gasteiger partial charge in [-0.15, -0.1) is 0 Å². The molecule has 3 heterocycles. The lowest BCUT2D eigenvalue weighted by Gasteiger charge is -2.29. The number of fused-ring (bicyclic) bond motifs is 1. The Hall–Kier alpha value is -4.25. The highest BCUT2D eigenvalue weighted by molar-refractivity contribution is 6.08. The van der Waals surface area contributed by atoms with Gasteiger partial charge in [-0.05, 0) is 18.2 Å². The number of carbonyl (C=O) groups excluding carboxylic acids is 1. The van der Waals surface area contributed by atoms with Crippen LogP contribution in [0.15, 0.2) is 36.5 Å². The maximum absolute atomic E-state index is 13.3. The fourth-order valence-electron chi connectivity index (χ4n) is 4.10. The predicted octanol–water partition coefficient (Wildman–Crippen LogP) is 3.07. The molecule has 1 aliphatic heterocycles. The van der Waals surface area contributed by atoms with Crippen molar-refractivity contribution in [1.29, 1.82) is 0 Å². The Morgan fingerprint density at radius 2 is 1.77 bits per heavy atom. The molecule has 0 aliphatic carbocycles. The van der Waals surface area contributed by atoms with E-state index in [2.05, 4.69) is 30.4 Å². The largest absolute Gasteiger partial charge is 0.496 e. The summed E-state index contributed by atoms with van der Waals surface area (Å²) < 4.78 is 21.6. The quantitative estimate of drug-likeness (QED) is 0.370. The van der Waals surface area contributed by atoms with Crippen molar-refractivity contribution in [2.45, 2.75) is 0 Å². The second kappa shape index (κ2) is 9.55. The molecule has 4 aromatic rings. The van der Waals surface area contributed by atoms with Crippen molar-refractivity contribution in [1.82, 2.24) is 20.2 Å². The first kappa shape index (κ1) is 22.5. The van der Waals surface area contributed by atoms with Crippen molar-refractivity contribution in [3.05, 3.63) is 42.1 Å². The van der Waals surface area contributed by atoms with Crippen LogP contribution in [0.25, 0.3) is 22.6 Å². The molecule has 1 fully saturated rings. The van der Waals surface area contributed by atoms with E-state index in [1.54, 1.807) is 45.7 Å².